The number of nitrogens with one attached hydrogen (secondary N) is 2. The van der Waals surface area contributed by atoms with Gasteiger partial charge in [-0.1, -0.05) is 0 Å². The first-order valence-electron chi connectivity index (χ1n) is 8.71. The third-order valence-electron chi connectivity index (χ3n) is 6.34. The van der Waals surface area contributed by atoms with E-state index in [1.807, 2.05) is 0 Å². The predicted octanol–water partition coefficient (Wildman–Crippen LogP) is 1.99. The highest BCUT2D eigenvalue weighted by molar-refractivity contribution is 5.84. The van der Waals surface area contributed by atoms with Gasteiger partial charge < -0.3 is 10.6 Å². The molecule has 4 bridgehead atoms. The summed E-state index contributed by atoms with van der Waals surface area (Å²) in [5, 5.41) is 6.14. The highest BCUT2D eigenvalue weighted by atomic mass is 16.2. The van der Waals surface area contributed by atoms with Gasteiger partial charge in [-0.25, -0.2) is 0 Å². The van der Waals surface area contributed by atoms with E-state index in [1.54, 1.807) is 0 Å². The van der Waals surface area contributed by atoms with Crippen molar-refractivity contribution in [2.75, 3.05) is 6.54 Å². The molecular formula is C17H26N2O2. The third-order valence-corrected chi connectivity index (χ3v) is 6.34. The first-order chi connectivity index (χ1) is 10.1. The molecule has 4 nitrogen and oxygen atoms in total. The number of rotatable bonds is 2. The van der Waals surface area contributed by atoms with Gasteiger partial charge in [-0.15, -0.1) is 0 Å². The molecule has 0 spiro atoms. The van der Waals surface area contributed by atoms with Crippen molar-refractivity contribution >= 4 is 11.8 Å². The van der Waals surface area contributed by atoms with E-state index in [-0.39, 0.29) is 23.3 Å². The van der Waals surface area contributed by atoms with Crippen LogP contribution in [0.15, 0.2) is 0 Å². The zero-order valence-corrected chi connectivity index (χ0v) is 12.7. The van der Waals surface area contributed by atoms with E-state index in [0.29, 0.717) is 6.42 Å². The van der Waals surface area contributed by atoms with Crippen LogP contribution in [0.25, 0.3) is 0 Å². The summed E-state index contributed by atoms with van der Waals surface area (Å²) in [6.07, 6.45) is 9.73. The second-order valence-corrected chi connectivity index (χ2v) is 8.06. The van der Waals surface area contributed by atoms with Crippen LogP contribution in [0.2, 0.25) is 0 Å². The van der Waals surface area contributed by atoms with Crippen LogP contribution in [0, 0.1) is 23.2 Å². The molecule has 1 aliphatic heterocycles. The summed E-state index contributed by atoms with van der Waals surface area (Å²) >= 11 is 0. The Bertz CT molecular complexity index is 424. The van der Waals surface area contributed by atoms with Crippen LogP contribution in [0.1, 0.15) is 57.8 Å². The number of hydrogen-bond donors (Lipinski definition) is 2. The molecule has 1 saturated heterocycles. The molecule has 1 heterocycles. The van der Waals surface area contributed by atoms with Crippen molar-refractivity contribution in [2.24, 2.45) is 23.2 Å². The highest BCUT2D eigenvalue weighted by Gasteiger charge is 2.54. The van der Waals surface area contributed by atoms with Crippen molar-refractivity contribution in [1.82, 2.24) is 10.6 Å². The Morgan fingerprint density at radius 3 is 2.33 bits per heavy atom. The van der Waals surface area contributed by atoms with Gasteiger partial charge in [0.05, 0.1) is 0 Å². The lowest BCUT2D eigenvalue weighted by Gasteiger charge is -2.55. The Morgan fingerprint density at radius 2 is 1.71 bits per heavy atom. The van der Waals surface area contributed by atoms with E-state index in [0.717, 1.165) is 56.4 Å². The maximum Gasteiger partial charge on any atom is 0.226 e. The van der Waals surface area contributed by atoms with Gasteiger partial charge in [0.15, 0.2) is 0 Å². The molecule has 1 atom stereocenters. The van der Waals surface area contributed by atoms with E-state index in [2.05, 4.69) is 10.6 Å². The smallest absolute Gasteiger partial charge is 0.226 e. The molecule has 2 N–H and O–H groups in total. The average Bonchev–Trinajstić information content (AvgIpc) is 2.61. The number of carbonyl (C=O) groups is 2. The van der Waals surface area contributed by atoms with Crippen molar-refractivity contribution in [3.63, 3.8) is 0 Å². The summed E-state index contributed by atoms with van der Waals surface area (Å²) in [5.41, 5.74) is -0.0858. The molecular weight excluding hydrogens is 264 g/mol. The molecule has 1 unspecified atom stereocenters. The Morgan fingerprint density at radius 1 is 1.10 bits per heavy atom. The largest absolute Gasteiger partial charge is 0.356 e. The van der Waals surface area contributed by atoms with E-state index in [1.165, 1.54) is 19.3 Å². The van der Waals surface area contributed by atoms with Crippen LogP contribution < -0.4 is 10.6 Å². The molecule has 21 heavy (non-hydrogen) atoms. The average molecular weight is 290 g/mol. The van der Waals surface area contributed by atoms with Crippen molar-refractivity contribution in [3.8, 4) is 0 Å². The van der Waals surface area contributed by atoms with Crippen molar-refractivity contribution < 1.29 is 9.59 Å². The lowest BCUT2D eigenvalue weighted by Crippen LogP contribution is -2.55. The van der Waals surface area contributed by atoms with Crippen LogP contribution in [0.3, 0.4) is 0 Å². The molecule has 0 aromatic heterocycles. The number of hydrogen-bond acceptors (Lipinski definition) is 2. The Hall–Kier alpha value is -1.06. The minimum atomic E-state index is -0.0858. The molecule has 4 aliphatic carbocycles. The highest BCUT2D eigenvalue weighted by Crippen LogP contribution is 2.60. The van der Waals surface area contributed by atoms with Gasteiger partial charge in [-0.3, -0.25) is 9.59 Å². The molecule has 116 valence electrons. The second-order valence-electron chi connectivity index (χ2n) is 8.06. The molecule has 5 aliphatic rings. The van der Waals surface area contributed by atoms with Gasteiger partial charge >= 0.3 is 0 Å². The van der Waals surface area contributed by atoms with Crippen LogP contribution in [-0.4, -0.2) is 24.4 Å². The van der Waals surface area contributed by atoms with Crippen molar-refractivity contribution in [3.05, 3.63) is 0 Å². The second kappa shape index (κ2) is 4.99. The van der Waals surface area contributed by atoms with E-state index >= 15 is 0 Å². The molecule has 4 saturated carbocycles. The quantitative estimate of drug-likeness (QED) is 0.817. The van der Waals surface area contributed by atoms with Gasteiger partial charge in [0, 0.05) is 24.4 Å². The van der Waals surface area contributed by atoms with Gasteiger partial charge in [-0.2, -0.15) is 0 Å². The lowest BCUT2D eigenvalue weighted by atomic mass is 9.49. The Kier molecular flexibility index (Phi) is 3.23. The van der Waals surface area contributed by atoms with Gasteiger partial charge in [0.25, 0.3) is 0 Å². The maximum atomic E-state index is 12.9. The standard InChI is InChI=1S/C17H26N2O2/c20-15-7-14(2-1-3-18-15)19-16(21)17-8-11-4-12(9-17)6-13(5-11)10-17/h11-14H,1-10H2,(H,18,20)(H,19,21). The topological polar surface area (TPSA) is 58.2 Å². The Labute approximate surface area is 126 Å². The molecule has 5 rings (SSSR count). The molecule has 4 heteroatoms. The monoisotopic (exact) mass is 290 g/mol. The summed E-state index contributed by atoms with van der Waals surface area (Å²) in [5.74, 6) is 2.72. The summed E-state index contributed by atoms with van der Waals surface area (Å²) in [6.45, 7) is 0.753. The van der Waals surface area contributed by atoms with Crippen LogP contribution in [0.5, 0.6) is 0 Å². The van der Waals surface area contributed by atoms with Crippen molar-refractivity contribution in [2.45, 2.75) is 63.8 Å². The number of carbonyl (C=O) groups excluding carboxylic acids is 2. The lowest BCUT2D eigenvalue weighted by molar-refractivity contribution is -0.147. The summed E-state index contributed by atoms with van der Waals surface area (Å²) in [6, 6.07) is 0.0491. The first kappa shape index (κ1) is 13.6. The summed E-state index contributed by atoms with van der Waals surface area (Å²) in [4.78, 5) is 24.6. The molecule has 5 fully saturated rings. The van der Waals surface area contributed by atoms with E-state index in [9.17, 15) is 9.59 Å². The normalized spacial score (nSPS) is 45.0. The van der Waals surface area contributed by atoms with Crippen molar-refractivity contribution in [1.29, 1.82) is 0 Å². The minimum absolute atomic E-state index is 0.0491. The van der Waals surface area contributed by atoms with Gasteiger partial charge in [0.1, 0.15) is 0 Å². The van der Waals surface area contributed by atoms with Gasteiger partial charge in [0.2, 0.25) is 11.8 Å². The zero-order chi connectivity index (χ0) is 14.4. The zero-order valence-electron chi connectivity index (χ0n) is 12.7. The molecule has 0 radical (unpaired) electrons. The Balaban J connectivity index is 1.46. The number of amides is 2. The first-order valence-corrected chi connectivity index (χ1v) is 8.71. The minimum Gasteiger partial charge on any atom is -0.356 e. The molecule has 0 aromatic rings. The van der Waals surface area contributed by atoms with Crippen LogP contribution in [-0.2, 0) is 9.59 Å². The van der Waals surface area contributed by atoms with E-state index < -0.39 is 0 Å². The molecule has 2 amide bonds. The van der Waals surface area contributed by atoms with E-state index in [4.69, 9.17) is 0 Å². The molecule has 0 aromatic carbocycles. The summed E-state index contributed by atoms with van der Waals surface area (Å²) < 4.78 is 0. The fourth-order valence-electron chi connectivity index (χ4n) is 5.82. The summed E-state index contributed by atoms with van der Waals surface area (Å²) in [7, 11) is 0. The fourth-order valence-corrected chi connectivity index (χ4v) is 5.82. The van der Waals surface area contributed by atoms with Gasteiger partial charge in [-0.05, 0) is 69.1 Å². The fraction of sp³-hybridized carbons (Fsp3) is 0.882. The van der Waals surface area contributed by atoms with Crippen LogP contribution in [0.4, 0.5) is 0 Å². The third kappa shape index (κ3) is 2.47. The SMILES string of the molecule is O=C1CC(NC(=O)C23CC4CC(CC(C4)C2)C3)CCCN1. The predicted molar refractivity (Wildman–Crippen MR) is 79.4 cm³/mol. The van der Waals surface area contributed by atoms with Crippen LogP contribution >= 0.6 is 0 Å². The maximum absolute atomic E-state index is 12.9.